The molecule has 1 rings (SSSR count). The monoisotopic (exact) mass is 298 g/mol. The second kappa shape index (κ2) is 9.26. The Balaban J connectivity index is 2.24. The maximum absolute atomic E-state index is 5.41. The highest BCUT2D eigenvalue weighted by molar-refractivity contribution is 5.79. The first-order valence-electron chi connectivity index (χ1n) is 8.22. The lowest BCUT2D eigenvalue weighted by Gasteiger charge is -2.32. The summed E-state index contributed by atoms with van der Waals surface area (Å²) >= 11 is 0. The Hall–Kier alpha value is -0.810. The second-order valence-electron chi connectivity index (χ2n) is 6.56. The Morgan fingerprint density at radius 2 is 1.95 bits per heavy atom. The van der Waals surface area contributed by atoms with Gasteiger partial charge in [-0.05, 0) is 58.7 Å². The third-order valence-corrected chi connectivity index (χ3v) is 4.26. The van der Waals surface area contributed by atoms with Crippen molar-refractivity contribution in [3.63, 3.8) is 0 Å². The summed E-state index contributed by atoms with van der Waals surface area (Å²) in [5.41, 5.74) is -0.177. The Labute approximate surface area is 130 Å². The number of aliphatic imine (C=N–C) groups is 1. The van der Waals surface area contributed by atoms with Gasteiger partial charge in [0.25, 0.3) is 0 Å². The molecule has 0 aromatic carbocycles. The van der Waals surface area contributed by atoms with Crippen LogP contribution >= 0.6 is 0 Å². The first-order chi connectivity index (χ1) is 10.0. The zero-order valence-electron chi connectivity index (χ0n) is 14.5. The normalized spacial score (nSPS) is 18.8. The molecule has 0 amide bonds. The summed E-state index contributed by atoms with van der Waals surface area (Å²) in [4.78, 5) is 6.86. The summed E-state index contributed by atoms with van der Waals surface area (Å²) in [6, 6.07) is 0. The molecule has 1 saturated heterocycles. The number of likely N-dealkylation sites (tertiary alicyclic amines) is 1. The van der Waals surface area contributed by atoms with E-state index in [0.717, 1.165) is 25.0 Å². The number of nitrogens with one attached hydrogen (secondary N) is 2. The van der Waals surface area contributed by atoms with E-state index in [-0.39, 0.29) is 5.60 Å². The molecule has 0 aromatic heterocycles. The molecule has 2 N–H and O–H groups in total. The second-order valence-corrected chi connectivity index (χ2v) is 6.56. The third kappa shape index (κ3) is 7.14. The van der Waals surface area contributed by atoms with Crippen molar-refractivity contribution in [3.05, 3.63) is 0 Å². The van der Waals surface area contributed by atoms with Gasteiger partial charge in [-0.2, -0.15) is 0 Å². The lowest BCUT2D eigenvalue weighted by molar-refractivity contribution is 0.0268. The zero-order valence-corrected chi connectivity index (χ0v) is 14.5. The highest BCUT2D eigenvalue weighted by Gasteiger charge is 2.19. The Morgan fingerprint density at radius 3 is 2.48 bits per heavy atom. The number of piperidine rings is 1. The highest BCUT2D eigenvalue weighted by Crippen LogP contribution is 2.16. The van der Waals surface area contributed by atoms with E-state index in [0.29, 0.717) is 0 Å². The molecular weight excluding hydrogens is 264 g/mol. The minimum absolute atomic E-state index is 0.177. The fourth-order valence-electron chi connectivity index (χ4n) is 2.56. The fourth-order valence-corrected chi connectivity index (χ4v) is 2.56. The van der Waals surface area contributed by atoms with Crippen LogP contribution in [-0.4, -0.2) is 63.3 Å². The number of rotatable bonds is 7. The fraction of sp³-hybridized carbons (Fsp3) is 0.938. The summed E-state index contributed by atoms with van der Waals surface area (Å²) in [6.45, 7) is 11.9. The smallest absolute Gasteiger partial charge is 0.191 e. The van der Waals surface area contributed by atoms with Crippen molar-refractivity contribution in [2.45, 2.75) is 45.6 Å². The summed E-state index contributed by atoms with van der Waals surface area (Å²) < 4.78 is 5.41. The molecule has 0 atom stereocenters. The average Bonchev–Trinajstić information content (AvgIpc) is 2.49. The van der Waals surface area contributed by atoms with Crippen LogP contribution in [0.1, 0.15) is 40.0 Å². The van der Waals surface area contributed by atoms with Gasteiger partial charge in [-0.1, -0.05) is 6.92 Å². The van der Waals surface area contributed by atoms with Gasteiger partial charge in [0.05, 0.1) is 5.60 Å². The van der Waals surface area contributed by atoms with Crippen LogP contribution in [0, 0.1) is 5.92 Å². The van der Waals surface area contributed by atoms with Crippen molar-refractivity contribution in [2.24, 2.45) is 10.9 Å². The van der Waals surface area contributed by atoms with Crippen LogP contribution in [0.4, 0.5) is 0 Å². The Kier molecular flexibility index (Phi) is 8.04. The molecule has 0 spiro atoms. The molecule has 124 valence electrons. The predicted molar refractivity (Wildman–Crippen MR) is 89.9 cm³/mol. The number of nitrogens with zero attached hydrogens (tertiary/aromatic N) is 2. The van der Waals surface area contributed by atoms with Crippen LogP contribution in [-0.2, 0) is 4.74 Å². The van der Waals surface area contributed by atoms with Crippen molar-refractivity contribution >= 4 is 5.96 Å². The molecule has 0 bridgehead atoms. The van der Waals surface area contributed by atoms with E-state index in [1.54, 1.807) is 7.11 Å². The van der Waals surface area contributed by atoms with Crippen molar-refractivity contribution in [2.75, 3.05) is 46.9 Å². The van der Waals surface area contributed by atoms with E-state index in [2.05, 4.69) is 41.3 Å². The topological polar surface area (TPSA) is 48.9 Å². The van der Waals surface area contributed by atoms with Crippen LogP contribution in [0.15, 0.2) is 4.99 Å². The summed E-state index contributed by atoms with van der Waals surface area (Å²) in [6.07, 6.45) is 3.83. The van der Waals surface area contributed by atoms with Gasteiger partial charge in [-0.15, -0.1) is 0 Å². The third-order valence-electron chi connectivity index (χ3n) is 4.26. The van der Waals surface area contributed by atoms with E-state index in [1.807, 2.05) is 7.05 Å². The molecule has 0 saturated carbocycles. The van der Waals surface area contributed by atoms with Gasteiger partial charge in [0.15, 0.2) is 5.96 Å². The largest absolute Gasteiger partial charge is 0.377 e. The van der Waals surface area contributed by atoms with E-state index < -0.39 is 0 Å². The standard InChI is InChI=1S/C16H34N4O/c1-6-9-20-10-7-14(8-11-20)12-18-15(17-4)19-13-16(2,3)21-5/h14H,6-13H2,1-5H3,(H2,17,18,19). The van der Waals surface area contributed by atoms with E-state index in [9.17, 15) is 0 Å². The van der Waals surface area contributed by atoms with Gasteiger partial charge in [0, 0.05) is 27.2 Å². The van der Waals surface area contributed by atoms with Crippen LogP contribution in [0.3, 0.4) is 0 Å². The first-order valence-corrected chi connectivity index (χ1v) is 8.22. The van der Waals surface area contributed by atoms with Crippen LogP contribution < -0.4 is 10.6 Å². The molecule has 0 radical (unpaired) electrons. The van der Waals surface area contributed by atoms with Crippen LogP contribution in [0.2, 0.25) is 0 Å². The van der Waals surface area contributed by atoms with Crippen molar-refractivity contribution in [1.82, 2.24) is 15.5 Å². The molecule has 1 heterocycles. The van der Waals surface area contributed by atoms with Gasteiger partial charge in [-0.3, -0.25) is 4.99 Å². The SMILES string of the molecule is CCCN1CCC(CNC(=NC)NCC(C)(C)OC)CC1. The number of hydrogen-bond acceptors (Lipinski definition) is 3. The molecule has 21 heavy (non-hydrogen) atoms. The molecular formula is C16H34N4O. The molecule has 0 unspecified atom stereocenters. The average molecular weight is 298 g/mol. The number of ether oxygens (including phenoxy) is 1. The van der Waals surface area contributed by atoms with Crippen LogP contribution in [0.5, 0.6) is 0 Å². The first kappa shape index (κ1) is 18.2. The maximum atomic E-state index is 5.41. The van der Waals surface area contributed by atoms with Crippen molar-refractivity contribution in [1.29, 1.82) is 0 Å². The minimum atomic E-state index is -0.177. The molecule has 5 nitrogen and oxygen atoms in total. The van der Waals surface area contributed by atoms with Gasteiger partial charge in [0.2, 0.25) is 0 Å². The van der Waals surface area contributed by atoms with Gasteiger partial charge >= 0.3 is 0 Å². The number of guanidine groups is 1. The lowest BCUT2D eigenvalue weighted by atomic mass is 9.97. The van der Waals surface area contributed by atoms with Gasteiger partial charge < -0.3 is 20.3 Å². The Morgan fingerprint density at radius 1 is 1.29 bits per heavy atom. The maximum Gasteiger partial charge on any atom is 0.191 e. The summed E-state index contributed by atoms with van der Waals surface area (Å²) in [5, 5.41) is 6.78. The highest BCUT2D eigenvalue weighted by atomic mass is 16.5. The minimum Gasteiger partial charge on any atom is -0.377 e. The van der Waals surface area contributed by atoms with Gasteiger partial charge in [-0.25, -0.2) is 0 Å². The van der Waals surface area contributed by atoms with Crippen molar-refractivity contribution < 1.29 is 4.74 Å². The van der Waals surface area contributed by atoms with E-state index in [1.165, 1.54) is 38.9 Å². The molecule has 0 aromatic rings. The van der Waals surface area contributed by atoms with Crippen molar-refractivity contribution in [3.8, 4) is 0 Å². The molecule has 1 aliphatic rings. The number of hydrogen-bond donors (Lipinski definition) is 2. The Bertz CT molecular complexity index is 309. The molecule has 1 fully saturated rings. The van der Waals surface area contributed by atoms with E-state index >= 15 is 0 Å². The van der Waals surface area contributed by atoms with E-state index in [4.69, 9.17) is 4.74 Å². The summed E-state index contributed by atoms with van der Waals surface area (Å²) in [7, 11) is 3.56. The molecule has 0 aliphatic carbocycles. The molecule has 1 aliphatic heterocycles. The number of methoxy groups -OCH3 is 1. The van der Waals surface area contributed by atoms with Gasteiger partial charge in [0.1, 0.15) is 0 Å². The quantitative estimate of drug-likeness (QED) is 0.555. The summed E-state index contributed by atoms with van der Waals surface area (Å²) in [5.74, 6) is 1.63. The predicted octanol–water partition coefficient (Wildman–Crippen LogP) is 1.70. The lowest BCUT2D eigenvalue weighted by Crippen LogP contribution is -2.47. The zero-order chi connectivity index (χ0) is 15.7. The molecule has 5 heteroatoms. The van der Waals surface area contributed by atoms with Crippen LogP contribution in [0.25, 0.3) is 0 Å².